The van der Waals surface area contributed by atoms with Crippen molar-refractivity contribution in [1.82, 2.24) is 19.9 Å². The van der Waals surface area contributed by atoms with Crippen molar-refractivity contribution >= 4 is 11.8 Å². The molecule has 0 spiro atoms. The molecular weight excluding hydrogens is 372 g/mol. The first kappa shape index (κ1) is 19.6. The first-order chi connectivity index (χ1) is 14.0. The third kappa shape index (κ3) is 3.89. The van der Waals surface area contributed by atoms with Gasteiger partial charge in [0.15, 0.2) is 0 Å². The smallest absolute Gasteiger partial charge is 0.227 e. The van der Waals surface area contributed by atoms with E-state index in [4.69, 9.17) is 4.52 Å². The summed E-state index contributed by atoms with van der Waals surface area (Å²) in [7, 11) is 0. The Labute approximate surface area is 169 Å². The molecule has 2 saturated heterocycles. The second-order valence-electron chi connectivity index (χ2n) is 8.08. The predicted octanol–water partition coefficient (Wildman–Crippen LogP) is 1.36. The second-order valence-corrected chi connectivity index (χ2v) is 8.08. The Kier molecular flexibility index (Phi) is 5.36. The molecule has 8 heteroatoms. The number of rotatable bonds is 5. The molecule has 1 aromatic heterocycles. The summed E-state index contributed by atoms with van der Waals surface area (Å²) >= 11 is 0. The van der Waals surface area contributed by atoms with Gasteiger partial charge in [-0.05, 0) is 6.42 Å². The van der Waals surface area contributed by atoms with Gasteiger partial charge < -0.3 is 19.4 Å². The highest BCUT2D eigenvalue weighted by molar-refractivity contribution is 5.77. The van der Waals surface area contributed by atoms with Crippen molar-refractivity contribution in [3.63, 3.8) is 0 Å². The van der Waals surface area contributed by atoms with Gasteiger partial charge in [0.25, 0.3) is 0 Å². The van der Waals surface area contributed by atoms with Gasteiger partial charge in [-0.2, -0.15) is 4.98 Å². The minimum Gasteiger partial charge on any atom is -0.396 e. The lowest BCUT2D eigenvalue weighted by Crippen LogP contribution is -2.50. The van der Waals surface area contributed by atoms with Crippen molar-refractivity contribution in [2.24, 2.45) is 11.3 Å². The van der Waals surface area contributed by atoms with Gasteiger partial charge in [0.1, 0.15) is 0 Å². The lowest BCUT2D eigenvalue weighted by Gasteiger charge is -2.41. The molecule has 1 aromatic carbocycles. The SMILES string of the molecule is CC(=O)N1CC[C@@]2(CO)CN(C(=O)CCc3nc(-c4ccccc4)no3)C[C@H]2C1. The van der Waals surface area contributed by atoms with Crippen molar-refractivity contribution in [3.8, 4) is 11.4 Å². The number of aromatic nitrogens is 2. The lowest BCUT2D eigenvalue weighted by molar-refractivity contribution is -0.133. The number of fused-ring (bicyclic) bond motifs is 1. The average molecular weight is 398 g/mol. The summed E-state index contributed by atoms with van der Waals surface area (Å²) in [6, 6.07) is 9.55. The summed E-state index contributed by atoms with van der Waals surface area (Å²) in [5, 5.41) is 14.0. The molecule has 2 fully saturated rings. The lowest BCUT2D eigenvalue weighted by atomic mass is 9.73. The Morgan fingerprint density at radius 1 is 1.24 bits per heavy atom. The molecule has 0 unspecified atom stereocenters. The van der Waals surface area contributed by atoms with Gasteiger partial charge in [-0.3, -0.25) is 9.59 Å². The van der Waals surface area contributed by atoms with E-state index >= 15 is 0 Å². The average Bonchev–Trinajstić information content (AvgIpc) is 3.37. The van der Waals surface area contributed by atoms with Crippen LogP contribution < -0.4 is 0 Å². The monoisotopic (exact) mass is 398 g/mol. The van der Waals surface area contributed by atoms with Crippen molar-refractivity contribution in [3.05, 3.63) is 36.2 Å². The number of piperidine rings is 1. The summed E-state index contributed by atoms with van der Waals surface area (Å²) in [4.78, 5) is 32.5. The van der Waals surface area contributed by atoms with Crippen LogP contribution in [0.4, 0.5) is 0 Å². The number of carbonyl (C=O) groups excluding carboxylic acids is 2. The number of hydrogen-bond acceptors (Lipinski definition) is 6. The maximum Gasteiger partial charge on any atom is 0.227 e. The van der Waals surface area contributed by atoms with Gasteiger partial charge >= 0.3 is 0 Å². The maximum absolute atomic E-state index is 12.8. The molecule has 2 aliphatic rings. The Morgan fingerprint density at radius 3 is 2.72 bits per heavy atom. The van der Waals surface area contributed by atoms with Crippen molar-refractivity contribution in [1.29, 1.82) is 0 Å². The Balaban J connectivity index is 1.36. The minimum atomic E-state index is -0.299. The number of likely N-dealkylation sites (tertiary alicyclic amines) is 2. The molecule has 0 saturated carbocycles. The van der Waals surface area contributed by atoms with Crippen LogP contribution in [-0.2, 0) is 16.0 Å². The molecule has 29 heavy (non-hydrogen) atoms. The van der Waals surface area contributed by atoms with Crippen molar-refractivity contribution < 1.29 is 19.2 Å². The van der Waals surface area contributed by atoms with Gasteiger partial charge in [0.05, 0.1) is 6.61 Å². The van der Waals surface area contributed by atoms with Crippen LogP contribution in [0, 0.1) is 11.3 Å². The van der Waals surface area contributed by atoms with Crippen LogP contribution in [0.5, 0.6) is 0 Å². The molecule has 154 valence electrons. The third-order valence-electron chi connectivity index (χ3n) is 6.30. The molecule has 0 bridgehead atoms. The van der Waals surface area contributed by atoms with E-state index in [2.05, 4.69) is 10.1 Å². The Morgan fingerprint density at radius 2 is 2.00 bits per heavy atom. The van der Waals surface area contributed by atoms with Crippen LogP contribution in [0.3, 0.4) is 0 Å². The highest BCUT2D eigenvalue weighted by atomic mass is 16.5. The van der Waals surface area contributed by atoms with E-state index in [0.29, 0.717) is 44.3 Å². The summed E-state index contributed by atoms with van der Waals surface area (Å²) in [6.07, 6.45) is 1.38. The zero-order valence-corrected chi connectivity index (χ0v) is 16.6. The van der Waals surface area contributed by atoms with E-state index in [0.717, 1.165) is 12.0 Å². The zero-order valence-electron chi connectivity index (χ0n) is 16.6. The fourth-order valence-electron chi connectivity index (χ4n) is 4.45. The van der Waals surface area contributed by atoms with E-state index in [1.807, 2.05) is 40.1 Å². The van der Waals surface area contributed by atoms with Crippen LogP contribution in [0.25, 0.3) is 11.4 Å². The first-order valence-corrected chi connectivity index (χ1v) is 10.0. The molecule has 0 aliphatic carbocycles. The topological polar surface area (TPSA) is 99.8 Å². The van der Waals surface area contributed by atoms with Crippen molar-refractivity contribution in [2.75, 3.05) is 32.8 Å². The summed E-state index contributed by atoms with van der Waals surface area (Å²) < 4.78 is 5.29. The number of carbonyl (C=O) groups is 2. The van der Waals surface area contributed by atoms with E-state index < -0.39 is 0 Å². The Hall–Kier alpha value is -2.74. The molecule has 2 aliphatic heterocycles. The van der Waals surface area contributed by atoms with E-state index in [1.54, 1.807) is 6.92 Å². The number of aliphatic hydroxyl groups is 1. The summed E-state index contributed by atoms with van der Waals surface area (Å²) in [6.45, 7) is 3.96. The minimum absolute atomic E-state index is 0.0149. The largest absolute Gasteiger partial charge is 0.396 e. The highest BCUT2D eigenvalue weighted by Gasteiger charge is 2.50. The first-order valence-electron chi connectivity index (χ1n) is 10.0. The second kappa shape index (κ2) is 7.94. The van der Waals surface area contributed by atoms with E-state index in [1.165, 1.54) is 0 Å². The van der Waals surface area contributed by atoms with Gasteiger partial charge in [-0.25, -0.2) is 0 Å². The van der Waals surface area contributed by atoms with Gasteiger partial charge in [0, 0.05) is 62.8 Å². The molecule has 2 atom stereocenters. The maximum atomic E-state index is 12.8. The van der Waals surface area contributed by atoms with Crippen LogP contribution in [-0.4, -0.2) is 69.6 Å². The third-order valence-corrected chi connectivity index (χ3v) is 6.30. The molecule has 0 radical (unpaired) electrons. The zero-order chi connectivity index (χ0) is 20.4. The van der Waals surface area contributed by atoms with Gasteiger partial charge in [-0.1, -0.05) is 35.5 Å². The number of aryl methyl sites for hydroxylation is 1. The number of amides is 2. The van der Waals surface area contributed by atoms with Crippen LogP contribution >= 0.6 is 0 Å². The summed E-state index contributed by atoms with van der Waals surface area (Å²) in [5.41, 5.74) is 0.574. The van der Waals surface area contributed by atoms with Crippen molar-refractivity contribution in [2.45, 2.75) is 26.2 Å². The standard InChI is InChI=1S/C21H26N4O4/c1-15(27)24-10-9-21(14-26)13-25(12-17(21)11-24)19(28)8-7-18-22-20(23-29-18)16-5-3-2-4-6-16/h2-6,17,26H,7-14H2,1H3/t17-,21+/m1/s1. The predicted molar refractivity (Wildman–Crippen MR) is 105 cm³/mol. The number of hydrogen-bond donors (Lipinski definition) is 1. The number of benzene rings is 1. The molecule has 2 aromatic rings. The molecule has 8 nitrogen and oxygen atoms in total. The normalized spacial score (nSPS) is 23.9. The van der Waals surface area contributed by atoms with Crippen LogP contribution in [0.15, 0.2) is 34.9 Å². The van der Waals surface area contributed by atoms with E-state index in [-0.39, 0.29) is 36.2 Å². The van der Waals surface area contributed by atoms with E-state index in [9.17, 15) is 14.7 Å². The molecule has 2 amide bonds. The quantitative estimate of drug-likeness (QED) is 0.816. The molecular formula is C21H26N4O4. The van der Waals surface area contributed by atoms with Crippen LogP contribution in [0.1, 0.15) is 25.7 Å². The van der Waals surface area contributed by atoms with Gasteiger partial charge in [-0.15, -0.1) is 0 Å². The van der Waals surface area contributed by atoms with Crippen LogP contribution in [0.2, 0.25) is 0 Å². The summed E-state index contributed by atoms with van der Waals surface area (Å²) in [5.74, 6) is 1.13. The number of nitrogens with zero attached hydrogens (tertiary/aromatic N) is 4. The fraction of sp³-hybridized carbons (Fsp3) is 0.524. The Bertz CT molecular complexity index is 884. The van der Waals surface area contributed by atoms with Gasteiger partial charge in [0.2, 0.25) is 23.5 Å². The number of aliphatic hydroxyl groups excluding tert-OH is 1. The molecule has 4 rings (SSSR count). The fourth-order valence-corrected chi connectivity index (χ4v) is 4.45. The molecule has 1 N–H and O–H groups in total. The highest BCUT2D eigenvalue weighted by Crippen LogP contribution is 2.42. The molecule has 3 heterocycles.